The first-order valence-electron chi connectivity index (χ1n) is 6.26. The van der Waals surface area contributed by atoms with E-state index in [0.29, 0.717) is 24.4 Å². The average Bonchev–Trinajstić information content (AvgIpc) is 2.99. The Bertz CT molecular complexity index is 624. The van der Waals surface area contributed by atoms with E-state index in [1.54, 1.807) is 30.6 Å². The highest BCUT2D eigenvalue weighted by atomic mass is 16.2. The van der Waals surface area contributed by atoms with Gasteiger partial charge in [0.2, 0.25) is 0 Å². The topological polar surface area (TPSA) is 78.0 Å². The minimum absolute atomic E-state index is 0.0380. The number of aromatic amines is 1. The number of rotatable bonds is 4. The van der Waals surface area contributed by atoms with Gasteiger partial charge in [0.25, 0.3) is 5.91 Å². The highest BCUT2D eigenvalue weighted by Crippen LogP contribution is 2.04. The van der Waals surface area contributed by atoms with Crippen LogP contribution in [0.1, 0.15) is 28.2 Å². The van der Waals surface area contributed by atoms with Gasteiger partial charge < -0.3 is 15.4 Å². The van der Waals surface area contributed by atoms with Crippen LogP contribution < -0.4 is 5.32 Å². The Kier molecular flexibility index (Phi) is 4.93. The zero-order chi connectivity index (χ0) is 14.2. The molecule has 1 aromatic heterocycles. The van der Waals surface area contributed by atoms with Crippen LogP contribution in [-0.4, -0.2) is 27.6 Å². The van der Waals surface area contributed by atoms with Gasteiger partial charge >= 0.3 is 0 Å². The van der Waals surface area contributed by atoms with Gasteiger partial charge in [-0.15, -0.1) is 0 Å². The van der Waals surface area contributed by atoms with Crippen LogP contribution in [0.25, 0.3) is 0 Å². The van der Waals surface area contributed by atoms with E-state index in [1.807, 2.05) is 6.07 Å². The van der Waals surface area contributed by atoms with Crippen molar-refractivity contribution in [2.24, 2.45) is 0 Å². The molecule has 0 aliphatic rings. The molecule has 0 saturated heterocycles. The Hall–Kier alpha value is -2.58. The third-order valence-electron chi connectivity index (χ3n) is 2.57. The van der Waals surface area contributed by atoms with Gasteiger partial charge in [-0.2, -0.15) is 0 Å². The predicted octanol–water partition coefficient (Wildman–Crippen LogP) is 1.07. The molecule has 0 radical (unpaired) electrons. The van der Waals surface area contributed by atoms with Crippen molar-refractivity contribution in [2.75, 3.05) is 6.61 Å². The van der Waals surface area contributed by atoms with Gasteiger partial charge in [0, 0.05) is 29.9 Å². The van der Waals surface area contributed by atoms with Gasteiger partial charge in [-0.3, -0.25) is 4.79 Å². The Morgan fingerprint density at radius 3 is 3.10 bits per heavy atom. The first kappa shape index (κ1) is 13.8. The summed E-state index contributed by atoms with van der Waals surface area (Å²) in [5.74, 6) is 6.26. The molecule has 0 saturated carbocycles. The fourth-order valence-corrected chi connectivity index (χ4v) is 1.62. The van der Waals surface area contributed by atoms with Gasteiger partial charge in [-0.25, -0.2) is 4.98 Å². The molecule has 0 aliphatic carbocycles. The molecule has 20 heavy (non-hydrogen) atoms. The number of imidazole rings is 1. The summed E-state index contributed by atoms with van der Waals surface area (Å²) in [5.41, 5.74) is 1.30. The largest absolute Gasteiger partial charge is 0.395 e. The second kappa shape index (κ2) is 7.12. The van der Waals surface area contributed by atoms with Crippen molar-refractivity contribution >= 4 is 5.91 Å². The smallest absolute Gasteiger partial charge is 0.251 e. The monoisotopic (exact) mass is 269 g/mol. The molecule has 2 aromatic rings. The molecule has 0 spiro atoms. The van der Waals surface area contributed by atoms with Crippen LogP contribution in [0.4, 0.5) is 0 Å². The van der Waals surface area contributed by atoms with Crippen molar-refractivity contribution in [2.45, 2.75) is 13.0 Å². The third kappa shape index (κ3) is 3.97. The van der Waals surface area contributed by atoms with Crippen LogP contribution in [0.2, 0.25) is 0 Å². The van der Waals surface area contributed by atoms with Gasteiger partial charge in [-0.05, 0) is 18.2 Å². The number of nitrogens with one attached hydrogen (secondary N) is 2. The summed E-state index contributed by atoms with van der Waals surface area (Å²) in [6.07, 6.45) is 3.77. The lowest BCUT2D eigenvalue weighted by molar-refractivity contribution is 0.0950. The maximum atomic E-state index is 12.0. The number of amides is 1. The summed E-state index contributed by atoms with van der Waals surface area (Å²) in [6.45, 7) is 0.391. The Morgan fingerprint density at radius 1 is 1.45 bits per heavy atom. The van der Waals surface area contributed by atoms with E-state index in [9.17, 15) is 4.79 Å². The first-order chi connectivity index (χ1) is 9.79. The second-order valence-corrected chi connectivity index (χ2v) is 4.07. The highest BCUT2D eigenvalue weighted by molar-refractivity contribution is 5.94. The maximum Gasteiger partial charge on any atom is 0.251 e. The Labute approximate surface area is 117 Å². The lowest BCUT2D eigenvalue weighted by atomic mass is 10.1. The van der Waals surface area contributed by atoms with Gasteiger partial charge in [-0.1, -0.05) is 17.9 Å². The summed E-state index contributed by atoms with van der Waals surface area (Å²) in [6, 6.07) is 7.06. The van der Waals surface area contributed by atoms with E-state index in [2.05, 4.69) is 27.1 Å². The van der Waals surface area contributed by atoms with E-state index in [4.69, 9.17) is 5.11 Å². The Morgan fingerprint density at radius 2 is 2.35 bits per heavy atom. The van der Waals surface area contributed by atoms with Crippen molar-refractivity contribution in [3.8, 4) is 11.8 Å². The number of nitrogens with zero attached hydrogens (tertiary/aromatic N) is 1. The number of carbonyl (C=O) groups is 1. The van der Waals surface area contributed by atoms with Crippen molar-refractivity contribution in [3.63, 3.8) is 0 Å². The number of aliphatic hydroxyl groups is 1. The standard InChI is InChI=1S/C15H15N3O2/c19-9-2-1-4-12-5-3-6-13(10-12)15(20)18-11-14-16-7-8-17-14/h3,5-8,10,19H,2,9,11H2,(H,16,17)(H,18,20). The average molecular weight is 269 g/mol. The molecule has 5 nitrogen and oxygen atoms in total. The normalized spacial score (nSPS) is 9.65. The number of H-pyrrole nitrogens is 1. The van der Waals surface area contributed by atoms with Crippen LogP contribution in [0, 0.1) is 11.8 Å². The van der Waals surface area contributed by atoms with Crippen molar-refractivity contribution in [3.05, 3.63) is 53.6 Å². The molecule has 2 rings (SSSR count). The first-order valence-corrected chi connectivity index (χ1v) is 6.26. The highest BCUT2D eigenvalue weighted by Gasteiger charge is 2.06. The van der Waals surface area contributed by atoms with Crippen molar-refractivity contribution in [1.29, 1.82) is 0 Å². The molecule has 5 heteroatoms. The molecule has 1 heterocycles. The molecule has 0 atom stereocenters. The van der Waals surface area contributed by atoms with Crippen LogP contribution in [0.15, 0.2) is 36.7 Å². The minimum atomic E-state index is -0.174. The van der Waals surface area contributed by atoms with E-state index in [0.717, 1.165) is 5.56 Å². The fraction of sp³-hybridized carbons (Fsp3) is 0.200. The number of hydrogen-bond donors (Lipinski definition) is 3. The van der Waals surface area contributed by atoms with Crippen LogP contribution in [0.5, 0.6) is 0 Å². The SMILES string of the molecule is O=C(NCc1ncc[nH]1)c1cccc(C#CCCO)c1. The van der Waals surface area contributed by atoms with Gasteiger partial charge in [0.15, 0.2) is 0 Å². The quantitative estimate of drug-likeness (QED) is 0.727. The third-order valence-corrected chi connectivity index (χ3v) is 2.57. The Balaban J connectivity index is 1.99. The molecule has 0 aliphatic heterocycles. The second-order valence-electron chi connectivity index (χ2n) is 4.07. The van der Waals surface area contributed by atoms with E-state index in [1.165, 1.54) is 0 Å². The molecule has 3 N–H and O–H groups in total. The van der Waals surface area contributed by atoms with E-state index >= 15 is 0 Å². The minimum Gasteiger partial charge on any atom is -0.395 e. The summed E-state index contributed by atoms with van der Waals surface area (Å²) >= 11 is 0. The zero-order valence-electron chi connectivity index (χ0n) is 10.9. The molecule has 102 valence electrons. The summed E-state index contributed by atoms with van der Waals surface area (Å²) < 4.78 is 0. The zero-order valence-corrected chi connectivity index (χ0v) is 10.9. The van der Waals surface area contributed by atoms with Crippen LogP contribution in [-0.2, 0) is 6.54 Å². The van der Waals surface area contributed by atoms with E-state index in [-0.39, 0.29) is 12.5 Å². The molecule has 0 unspecified atom stereocenters. The fourth-order valence-electron chi connectivity index (χ4n) is 1.62. The lowest BCUT2D eigenvalue weighted by Gasteiger charge is -2.03. The predicted molar refractivity (Wildman–Crippen MR) is 74.8 cm³/mol. The molecule has 0 bridgehead atoms. The molecule has 1 aromatic carbocycles. The molecular formula is C15H15N3O2. The van der Waals surface area contributed by atoms with Gasteiger partial charge in [0.1, 0.15) is 5.82 Å². The summed E-state index contributed by atoms with van der Waals surface area (Å²) in [4.78, 5) is 18.9. The molecule has 1 amide bonds. The number of carbonyl (C=O) groups excluding carboxylic acids is 1. The number of aromatic nitrogens is 2. The lowest BCUT2D eigenvalue weighted by Crippen LogP contribution is -2.23. The van der Waals surface area contributed by atoms with Crippen molar-refractivity contribution in [1.82, 2.24) is 15.3 Å². The van der Waals surface area contributed by atoms with E-state index < -0.39 is 0 Å². The molecule has 0 fully saturated rings. The number of aliphatic hydroxyl groups excluding tert-OH is 1. The maximum absolute atomic E-state index is 12.0. The van der Waals surface area contributed by atoms with Crippen LogP contribution >= 0.6 is 0 Å². The number of hydrogen-bond acceptors (Lipinski definition) is 3. The van der Waals surface area contributed by atoms with Crippen molar-refractivity contribution < 1.29 is 9.90 Å². The van der Waals surface area contributed by atoms with Gasteiger partial charge in [0.05, 0.1) is 13.2 Å². The summed E-state index contributed by atoms with van der Waals surface area (Å²) in [7, 11) is 0. The summed E-state index contributed by atoms with van der Waals surface area (Å²) in [5, 5.41) is 11.4. The molecular weight excluding hydrogens is 254 g/mol. The number of benzene rings is 1. The van der Waals surface area contributed by atoms with Crippen LogP contribution in [0.3, 0.4) is 0 Å².